The summed E-state index contributed by atoms with van der Waals surface area (Å²) in [5.41, 5.74) is 1.29. The van der Waals surface area contributed by atoms with E-state index < -0.39 is 5.91 Å². The number of imide groups is 1. The zero-order chi connectivity index (χ0) is 13.9. The van der Waals surface area contributed by atoms with Crippen LogP contribution in [-0.2, 0) is 4.79 Å². The molecule has 0 aromatic heterocycles. The maximum atomic E-state index is 12.1. The van der Waals surface area contributed by atoms with Crippen LogP contribution in [0.2, 0.25) is 0 Å². The number of nitrogens with one attached hydrogen (secondary N) is 2. The third kappa shape index (κ3) is 1.73. The molecule has 5 nitrogen and oxygen atoms in total. The molecule has 4 rings (SSSR count). The highest BCUT2D eigenvalue weighted by Crippen LogP contribution is 2.54. The van der Waals surface area contributed by atoms with Crippen LogP contribution in [0.5, 0.6) is 0 Å². The summed E-state index contributed by atoms with van der Waals surface area (Å²) in [5, 5.41) is 5.10. The number of benzene rings is 1. The molecular weight excluding hydrogens is 256 g/mol. The van der Waals surface area contributed by atoms with E-state index in [1.165, 1.54) is 6.42 Å². The van der Waals surface area contributed by atoms with Gasteiger partial charge in [-0.05, 0) is 49.3 Å². The van der Waals surface area contributed by atoms with Crippen molar-refractivity contribution in [1.82, 2.24) is 5.32 Å². The normalized spacial score (nSPS) is 29.7. The Morgan fingerprint density at radius 2 is 1.75 bits per heavy atom. The summed E-state index contributed by atoms with van der Waals surface area (Å²) in [6.45, 7) is 0. The fourth-order valence-electron chi connectivity index (χ4n) is 3.42. The van der Waals surface area contributed by atoms with Crippen LogP contribution >= 0.6 is 0 Å². The van der Waals surface area contributed by atoms with Gasteiger partial charge in [0.05, 0.1) is 11.1 Å². The van der Waals surface area contributed by atoms with Gasteiger partial charge in [0.25, 0.3) is 11.8 Å². The van der Waals surface area contributed by atoms with Crippen molar-refractivity contribution in [3.05, 3.63) is 29.3 Å². The Hall–Kier alpha value is -2.17. The summed E-state index contributed by atoms with van der Waals surface area (Å²) in [4.78, 5) is 35.2. The molecule has 1 heterocycles. The van der Waals surface area contributed by atoms with Crippen LogP contribution in [0.3, 0.4) is 0 Å². The van der Waals surface area contributed by atoms with Gasteiger partial charge in [-0.2, -0.15) is 0 Å². The molecule has 0 radical (unpaired) electrons. The minimum Gasteiger partial charge on any atom is -0.326 e. The number of carbonyl (C=O) groups is 3. The van der Waals surface area contributed by atoms with Gasteiger partial charge in [-0.15, -0.1) is 0 Å². The molecule has 5 heteroatoms. The van der Waals surface area contributed by atoms with Gasteiger partial charge in [0.2, 0.25) is 5.91 Å². The minimum absolute atomic E-state index is 0.0295. The van der Waals surface area contributed by atoms with Gasteiger partial charge >= 0.3 is 0 Å². The van der Waals surface area contributed by atoms with Crippen LogP contribution in [-0.4, -0.2) is 17.7 Å². The number of hydrogen-bond acceptors (Lipinski definition) is 3. The molecule has 2 unspecified atom stereocenters. The fourth-order valence-corrected chi connectivity index (χ4v) is 3.42. The lowest BCUT2D eigenvalue weighted by molar-refractivity contribution is -0.120. The molecule has 0 spiro atoms. The standard InChI is InChI=1S/C15H14N2O3/c18-13(9-4-7-3-8(7)5-9)16-10-1-2-11-12(6-10)15(20)17-14(11)19/h1-2,6-9H,3-5H2,(H,16,18)(H,17,19,20). The Kier molecular flexibility index (Phi) is 2.28. The second kappa shape index (κ2) is 3.91. The predicted octanol–water partition coefficient (Wildman–Crippen LogP) is 1.55. The molecule has 2 saturated carbocycles. The van der Waals surface area contributed by atoms with Gasteiger partial charge in [0.1, 0.15) is 0 Å². The second-order valence-electron chi connectivity index (χ2n) is 5.96. The topological polar surface area (TPSA) is 75.3 Å². The molecule has 1 aliphatic heterocycles. The summed E-state index contributed by atoms with van der Waals surface area (Å²) in [7, 11) is 0. The van der Waals surface area contributed by atoms with E-state index in [9.17, 15) is 14.4 Å². The SMILES string of the molecule is O=C1NC(=O)c2cc(NC(=O)C3CC4CC4C3)ccc21. The van der Waals surface area contributed by atoms with E-state index in [0.29, 0.717) is 16.8 Å². The van der Waals surface area contributed by atoms with E-state index in [1.54, 1.807) is 18.2 Å². The first kappa shape index (κ1) is 11.6. The van der Waals surface area contributed by atoms with Crippen molar-refractivity contribution < 1.29 is 14.4 Å². The Bertz CT molecular complexity index is 643. The number of fused-ring (bicyclic) bond motifs is 2. The van der Waals surface area contributed by atoms with E-state index in [4.69, 9.17) is 0 Å². The van der Waals surface area contributed by atoms with Crippen molar-refractivity contribution >= 4 is 23.4 Å². The molecule has 1 aromatic carbocycles. The van der Waals surface area contributed by atoms with Gasteiger partial charge in [-0.1, -0.05) is 0 Å². The third-order valence-electron chi connectivity index (χ3n) is 4.62. The first-order chi connectivity index (χ1) is 9.61. The molecule has 3 aliphatic rings. The molecule has 0 saturated heterocycles. The van der Waals surface area contributed by atoms with E-state index in [1.807, 2.05) is 0 Å². The average molecular weight is 270 g/mol. The van der Waals surface area contributed by atoms with E-state index in [0.717, 1.165) is 24.7 Å². The van der Waals surface area contributed by atoms with Gasteiger partial charge in [0.15, 0.2) is 0 Å². The summed E-state index contributed by atoms with van der Waals surface area (Å²) < 4.78 is 0. The zero-order valence-electron chi connectivity index (χ0n) is 10.8. The van der Waals surface area contributed by atoms with Gasteiger partial charge in [-0.25, -0.2) is 0 Å². The molecule has 1 aromatic rings. The van der Waals surface area contributed by atoms with E-state index >= 15 is 0 Å². The van der Waals surface area contributed by atoms with Gasteiger partial charge < -0.3 is 5.32 Å². The van der Waals surface area contributed by atoms with Crippen molar-refractivity contribution in [2.45, 2.75) is 19.3 Å². The highest BCUT2D eigenvalue weighted by atomic mass is 16.2. The van der Waals surface area contributed by atoms with Crippen molar-refractivity contribution in [2.24, 2.45) is 17.8 Å². The van der Waals surface area contributed by atoms with Crippen molar-refractivity contribution in [3.63, 3.8) is 0 Å². The Balaban J connectivity index is 1.52. The van der Waals surface area contributed by atoms with E-state index in [-0.39, 0.29) is 17.7 Å². The second-order valence-corrected chi connectivity index (χ2v) is 5.96. The maximum Gasteiger partial charge on any atom is 0.259 e. The summed E-state index contributed by atoms with van der Waals surface area (Å²) in [6, 6.07) is 4.82. The van der Waals surface area contributed by atoms with Crippen LogP contribution in [0.15, 0.2) is 18.2 Å². The smallest absolute Gasteiger partial charge is 0.259 e. The first-order valence-electron chi connectivity index (χ1n) is 6.92. The largest absolute Gasteiger partial charge is 0.326 e. The average Bonchev–Trinajstić information content (AvgIpc) is 2.93. The molecule has 2 aliphatic carbocycles. The lowest BCUT2D eigenvalue weighted by atomic mass is 10.0. The Labute approximate surface area is 115 Å². The maximum absolute atomic E-state index is 12.1. The van der Waals surface area contributed by atoms with Crippen LogP contribution in [0, 0.1) is 17.8 Å². The third-order valence-corrected chi connectivity index (χ3v) is 4.62. The Morgan fingerprint density at radius 3 is 2.50 bits per heavy atom. The minimum atomic E-state index is -0.400. The van der Waals surface area contributed by atoms with Crippen molar-refractivity contribution in [2.75, 3.05) is 5.32 Å². The van der Waals surface area contributed by atoms with Crippen LogP contribution in [0.1, 0.15) is 40.0 Å². The molecule has 2 fully saturated rings. The molecule has 20 heavy (non-hydrogen) atoms. The summed E-state index contributed by atoms with van der Waals surface area (Å²) >= 11 is 0. The number of rotatable bonds is 2. The van der Waals surface area contributed by atoms with Crippen molar-refractivity contribution in [1.29, 1.82) is 0 Å². The first-order valence-corrected chi connectivity index (χ1v) is 6.92. The summed E-state index contributed by atoms with van der Waals surface area (Å²) in [6.07, 6.45) is 3.26. The van der Waals surface area contributed by atoms with E-state index in [2.05, 4.69) is 10.6 Å². The number of hydrogen-bond donors (Lipinski definition) is 2. The summed E-state index contributed by atoms with van der Waals surface area (Å²) in [5.74, 6) is 0.870. The molecule has 2 N–H and O–H groups in total. The van der Waals surface area contributed by atoms with Crippen LogP contribution in [0.4, 0.5) is 5.69 Å². The lowest BCUT2D eigenvalue weighted by Crippen LogP contribution is -2.21. The zero-order valence-corrected chi connectivity index (χ0v) is 10.8. The molecule has 3 amide bonds. The molecule has 2 atom stereocenters. The predicted molar refractivity (Wildman–Crippen MR) is 71.2 cm³/mol. The van der Waals surface area contributed by atoms with Gasteiger partial charge in [0, 0.05) is 11.6 Å². The molecule has 0 bridgehead atoms. The highest BCUT2D eigenvalue weighted by molar-refractivity contribution is 6.22. The Morgan fingerprint density at radius 1 is 1.05 bits per heavy atom. The van der Waals surface area contributed by atoms with Crippen molar-refractivity contribution in [3.8, 4) is 0 Å². The number of carbonyl (C=O) groups excluding carboxylic acids is 3. The number of anilines is 1. The van der Waals surface area contributed by atoms with Crippen LogP contribution in [0.25, 0.3) is 0 Å². The monoisotopic (exact) mass is 270 g/mol. The number of amides is 3. The highest BCUT2D eigenvalue weighted by Gasteiger charge is 2.48. The molecule has 102 valence electrons. The van der Waals surface area contributed by atoms with Gasteiger partial charge in [-0.3, -0.25) is 19.7 Å². The quantitative estimate of drug-likeness (QED) is 0.801. The van der Waals surface area contributed by atoms with Crippen LogP contribution < -0.4 is 10.6 Å². The lowest BCUT2D eigenvalue weighted by Gasteiger charge is -2.12. The fraction of sp³-hybridized carbons (Fsp3) is 0.400. The molecular formula is C15H14N2O3.